The molecule has 0 aliphatic rings. The highest BCUT2D eigenvalue weighted by Gasteiger charge is 2.17. The highest BCUT2D eigenvalue weighted by atomic mass is 35.5. The van der Waals surface area contributed by atoms with E-state index in [9.17, 15) is 0 Å². The molecular weight excluding hydrogens is 402 g/mol. The molecule has 4 aromatic rings. The van der Waals surface area contributed by atoms with Crippen LogP contribution in [0.4, 0.5) is 0 Å². The molecule has 154 valence electrons. The standard InChI is InChI=1S/C23H22ClN3O3/c1-16-25-12-13-27(16)23-26-22(17-8-10-18(24)11-9-17)21(30-23)7-4-14-29-20-6-3-5-19(15-20)28-2/h3,5-6,8-13,15H,4,7,14H2,1-2H3. The summed E-state index contributed by atoms with van der Waals surface area (Å²) >= 11 is 6.05. The molecule has 0 aliphatic heterocycles. The van der Waals surface area contributed by atoms with Crippen molar-refractivity contribution in [3.8, 4) is 28.8 Å². The molecule has 0 atom stereocenters. The molecule has 0 saturated heterocycles. The number of benzene rings is 2. The van der Waals surface area contributed by atoms with Crippen molar-refractivity contribution in [2.75, 3.05) is 13.7 Å². The van der Waals surface area contributed by atoms with Crippen LogP contribution in [-0.4, -0.2) is 28.3 Å². The van der Waals surface area contributed by atoms with Crippen molar-refractivity contribution in [2.45, 2.75) is 19.8 Å². The highest BCUT2D eigenvalue weighted by Crippen LogP contribution is 2.28. The summed E-state index contributed by atoms with van der Waals surface area (Å²) in [4.78, 5) is 8.98. The van der Waals surface area contributed by atoms with Gasteiger partial charge in [-0.05, 0) is 37.6 Å². The minimum atomic E-state index is 0.499. The van der Waals surface area contributed by atoms with Gasteiger partial charge in [0.15, 0.2) is 0 Å². The van der Waals surface area contributed by atoms with Gasteiger partial charge in [0.1, 0.15) is 28.8 Å². The number of aromatic nitrogens is 3. The van der Waals surface area contributed by atoms with Crippen LogP contribution in [0, 0.1) is 6.92 Å². The number of hydrogen-bond acceptors (Lipinski definition) is 5. The first-order chi connectivity index (χ1) is 14.6. The third kappa shape index (κ3) is 4.49. The molecule has 6 nitrogen and oxygen atoms in total. The molecule has 0 radical (unpaired) electrons. The summed E-state index contributed by atoms with van der Waals surface area (Å²) in [6, 6.07) is 15.7. The second kappa shape index (κ2) is 9.05. The van der Waals surface area contributed by atoms with E-state index in [0.29, 0.717) is 24.1 Å². The maximum Gasteiger partial charge on any atom is 0.307 e. The van der Waals surface area contributed by atoms with Crippen molar-refractivity contribution in [3.63, 3.8) is 0 Å². The lowest BCUT2D eigenvalue weighted by molar-refractivity contribution is 0.303. The van der Waals surface area contributed by atoms with E-state index in [1.165, 1.54) is 0 Å². The predicted octanol–water partition coefficient (Wildman–Crippen LogP) is 5.51. The van der Waals surface area contributed by atoms with Crippen molar-refractivity contribution >= 4 is 11.6 Å². The number of hydrogen-bond donors (Lipinski definition) is 0. The van der Waals surface area contributed by atoms with Gasteiger partial charge in [-0.3, -0.25) is 4.57 Å². The van der Waals surface area contributed by atoms with Gasteiger partial charge in [0.05, 0.1) is 13.7 Å². The first-order valence-electron chi connectivity index (χ1n) is 9.67. The first kappa shape index (κ1) is 20.0. The second-order valence-corrected chi connectivity index (χ2v) is 7.19. The van der Waals surface area contributed by atoms with Gasteiger partial charge >= 0.3 is 6.01 Å². The van der Waals surface area contributed by atoms with Crippen molar-refractivity contribution in [1.29, 1.82) is 0 Å². The van der Waals surface area contributed by atoms with E-state index in [1.807, 2.05) is 66.2 Å². The quantitative estimate of drug-likeness (QED) is 0.350. The van der Waals surface area contributed by atoms with Gasteiger partial charge < -0.3 is 13.9 Å². The van der Waals surface area contributed by atoms with Crippen molar-refractivity contribution in [2.24, 2.45) is 0 Å². The van der Waals surface area contributed by atoms with E-state index in [4.69, 9.17) is 30.5 Å². The van der Waals surface area contributed by atoms with E-state index < -0.39 is 0 Å². The summed E-state index contributed by atoms with van der Waals surface area (Å²) in [7, 11) is 1.64. The summed E-state index contributed by atoms with van der Waals surface area (Å²) in [5, 5.41) is 0.682. The minimum Gasteiger partial charge on any atom is -0.497 e. The van der Waals surface area contributed by atoms with Crippen LogP contribution in [-0.2, 0) is 6.42 Å². The maximum atomic E-state index is 6.12. The van der Waals surface area contributed by atoms with Crippen molar-refractivity contribution in [3.05, 3.63) is 77.5 Å². The zero-order valence-corrected chi connectivity index (χ0v) is 17.6. The normalized spacial score (nSPS) is 10.9. The molecule has 0 fully saturated rings. The fourth-order valence-electron chi connectivity index (χ4n) is 3.14. The van der Waals surface area contributed by atoms with Crippen molar-refractivity contribution in [1.82, 2.24) is 14.5 Å². The SMILES string of the molecule is COc1cccc(OCCCc2oc(-n3ccnc3C)nc2-c2ccc(Cl)cc2)c1. The molecule has 2 aromatic heterocycles. The van der Waals surface area contributed by atoms with Gasteiger partial charge in [-0.25, -0.2) is 4.98 Å². The van der Waals surface area contributed by atoms with E-state index in [0.717, 1.165) is 40.8 Å². The van der Waals surface area contributed by atoms with Crippen LogP contribution in [0.15, 0.2) is 65.3 Å². The molecule has 7 heteroatoms. The number of ether oxygens (including phenoxy) is 2. The second-order valence-electron chi connectivity index (χ2n) is 6.75. The molecule has 2 heterocycles. The van der Waals surface area contributed by atoms with Crippen LogP contribution < -0.4 is 9.47 Å². The lowest BCUT2D eigenvalue weighted by Gasteiger charge is -2.07. The monoisotopic (exact) mass is 423 g/mol. The fraction of sp³-hybridized carbons (Fsp3) is 0.217. The Morgan fingerprint density at radius 2 is 1.90 bits per heavy atom. The summed E-state index contributed by atoms with van der Waals surface area (Å²) in [6.07, 6.45) is 5.02. The molecule has 0 spiro atoms. The van der Waals surface area contributed by atoms with E-state index in [-0.39, 0.29) is 0 Å². The number of oxazole rings is 1. The van der Waals surface area contributed by atoms with Crippen LogP contribution in [0.2, 0.25) is 5.02 Å². The fourth-order valence-corrected chi connectivity index (χ4v) is 3.26. The van der Waals surface area contributed by atoms with Gasteiger partial charge in [0.2, 0.25) is 0 Å². The van der Waals surface area contributed by atoms with Crippen LogP contribution in [0.5, 0.6) is 11.5 Å². The first-order valence-corrected chi connectivity index (χ1v) is 10.0. The molecule has 0 amide bonds. The lowest BCUT2D eigenvalue weighted by atomic mass is 10.1. The Morgan fingerprint density at radius 1 is 1.10 bits per heavy atom. The Morgan fingerprint density at radius 3 is 2.63 bits per heavy atom. The summed E-state index contributed by atoms with van der Waals surface area (Å²) < 4.78 is 19.0. The summed E-state index contributed by atoms with van der Waals surface area (Å²) in [5.74, 6) is 3.16. The summed E-state index contributed by atoms with van der Waals surface area (Å²) in [5.41, 5.74) is 1.76. The maximum absolute atomic E-state index is 6.12. The third-order valence-corrected chi connectivity index (χ3v) is 4.95. The Labute approximate surface area is 180 Å². The molecule has 4 rings (SSSR count). The van der Waals surface area contributed by atoms with Crippen LogP contribution in [0.3, 0.4) is 0 Å². The number of nitrogens with zero attached hydrogens (tertiary/aromatic N) is 3. The topological polar surface area (TPSA) is 62.3 Å². The minimum absolute atomic E-state index is 0.499. The van der Waals surface area contributed by atoms with Crippen molar-refractivity contribution < 1.29 is 13.9 Å². The van der Waals surface area contributed by atoms with Gasteiger partial charge in [-0.15, -0.1) is 0 Å². The molecule has 0 aliphatic carbocycles. The summed E-state index contributed by atoms with van der Waals surface area (Å²) in [6.45, 7) is 2.46. The number of imidazole rings is 1. The van der Waals surface area contributed by atoms with E-state index in [2.05, 4.69) is 4.98 Å². The molecule has 0 bridgehead atoms. The molecule has 30 heavy (non-hydrogen) atoms. The molecular formula is C23H22ClN3O3. The Balaban J connectivity index is 1.51. The molecule has 0 unspecified atom stereocenters. The van der Waals surface area contributed by atoms with Crippen LogP contribution in [0.25, 0.3) is 17.3 Å². The predicted molar refractivity (Wildman–Crippen MR) is 116 cm³/mol. The van der Waals surface area contributed by atoms with Crippen LogP contribution >= 0.6 is 11.6 Å². The molecule has 0 N–H and O–H groups in total. The Hall–Kier alpha value is -3.25. The van der Waals surface area contributed by atoms with Gasteiger partial charge in [-0.1, -0.05) is 29.8 Å². The number of halogens is 1. The zero-order chi connectivity index (χ0) is 20.9. The largest absolute Gasteiger partial charge is 0.497 e. The smallest absolute Gasteiger partial charge is 0.307 e. The van der Waals surface area contributed by atoms with Gasteiger partial charge in [0, 0.05) is 35.5 Å². The average Bonchev–Trinajstić information content (AvgIpc) is 3.38. The van der Waals surface area contributed by atoms with Gasteiger partial charge in [0.25, 0.3) is 0 Å². The van der Waals surface area contributed by atoms with Crippen LogP contribution in [0.1, 0.15) is 18.0 Å². The molecule has 0 saturated carbocycles. The number of rotatable bonds is 8. The highest BCUT2D eigenvalue weighted by molar-refractivity contribution is 6.30. The Kier molecular flexibility index (Phi) is 6.05. The zero-order valence-electron chi connectivity index (χ0n) is 16.8. The number of aryl methyl sites for hydroxylation is 2. The third-order valence-electron chi connectivity index (χ3n) is 4.69. The Bertz CT molecular complexity index is 1120. The van der Waals surface area contributed by atoms with E-state index in [1.54, 1.807) is 13.3 Å². The lowest BCUT2D eigenvalue weighted by Crippen LogP contribution is -2.00. The van der Waals surface area contributed by atoms with E-state index >= 15 is 0 Å². The molecule has 2 aromatic carbocycles. The average molecular weight is 424 g/mol. The van der Waals surface area contributed by atoms with Gasteiger partial charge in [-0.2, -0.15) is 4.98 Å². The number of methoxy groups -OCH3 is 1.